The summed E-state index contributed by atoms with van der Waals surface area (Å²) in [6, 6.07) is 6.18. The number of aliphatic imine (C=N–C) groups is 1. The third-order valence-corrected chi connectivity index (χ3v) is 2.63. The number of methoxy groups -OCH3 is 1. The molecule has 0 aromatic heterocycles. The predicted octanol–water partition coefficient (Wildman–Crippen LogP) is 3.07. The molecule has 0 spiro atoms. The highest BCUT2D eigenvalue weighted by molar-refractivity contribution is 9.10. The number of benzene rings is 1. The van der Waals surface area contributed by atoms with Gasteiger partial charge in [0, 0.05) is 10.9 Å². The number of aryl methyl sites for hydroxylation is 1. The van der Waals surface area contributed by atoms with E-state index in [-0.39, 0.29) is 0 Å². The van der Waals surface area contributed by atoms with Crippen molar-refractivity contribution in [1.82, 2.24) is 0 Å². The summed E-state index contributed by atoms with van der Waals surface area (Å²) in [7, 11) is 1.67. The topological polar surface area (TPSA) is 21.6 Å². The van der Waals surface area contributed by atoms with Crippen molar-refractivity contribution in [2.24, 2.45) is 4.99 Å². The molecule has 3 heteroatoms. The highest BCUT2D eigenvalue weighted by Gasteiger charge is 2.11. The molecular formula is C10H10BrNO. The molecule has 68 valence electrons. The van der Waals surface area contributed by atoms with Crippen molar-refractivity contribution in [2.75, 3.05) is 7.11 Å². The van der Waals surface area contributed by atoms with Crippen molar-refractivity contribution in [3.63, 3.8) is 0 Å². The van der Waals surface area contributed by atoms with Gasteiger partial charge in [0.25, 0.3) is 0 Å². The van der Waals surface area contributed by atoms with Crippen molar-refractivity contribution in [1.29, 1.82) is 0 Å². The van der Waals surface area contributed by atoms with Gasteiger partial charge in [-0.2, -0.15) is 0 Å². The monoisotopic (exact) mass is 239 g/mol. The fourth-order valence-corrected chi connectivity index (χ4v) is 1.78. The number of hydrogen-bond acceptors (Lipinski definition) is 2. The van der Waals surface area contributed by atoms with Crippen LogP contribution < -0.4 is 0 Å². The van der Waals surface area contributed by atoms with Crippen LogP contribution >= 0.6 is 15.9 Å². The highest BCUT2D eigenvalue weighted by atomic mass is 79.9. The Morgan fingerprint density at radius 3 is 3.00 bits per heavy atom. The Kier molecular flexibility index (Phi) is 2.36. The minimum absolute atomic E-state index is 0.825. The average Bonchev–Trinajstić information content (AvgIpc) is 2.16. The standard InChI is InChI=1S/C10H10BrNO/c1-13-10-5-3-7-2-4-8(11)6-9(7)12-10/h2,4,6H,3,5H2,1H3. The lowest BCUT2D eigenvalue weighted by Crippen LogP contribution is -2.07. The maximum atomic E-state index is 5.12. The molecule has 1 aliphatic heterocycles. The number of halogens is 1. The minimum Gasteiger partial charge on any atom is -0.484 e. The van der Waals surface area contributed by atoms with Gasteiger partial charge < -0.3 is 4.74 Å². The number of nitrogens with zero attached hydrogens (tertiary/aromatic N) is 1. The molecule has 0 bridgehead atoms. The van der Waals surface area contributed by atoms with Crippen LogP contribution in [-0.4, -0.2) is 13.0 Å². The van der Waals surface area contributed by atoms with E-state index in [1.165, 1.54) is 5.56 Å². The molecule has 1 heterocycles. The largest absolute Gasteiger partial charge is 0.484 e. The summed E-state index contributed by atoms with van der Waals surface area (Å²) in [5.41, 5.74) is 2.32. The van der Waals surface area contributed by atoms with E-state index in [1.807, 2.05) is 12.1 Å². The lowest BCUT2D eigenvalue weighted by molar-refractivity contribution is 0.389. The van der Waals surface area contributed by atoms with Crippen molar-refractivity contribution < 1.29 is 4.74 Å². The Morgan fingerprint density at radius 1 is 1.38 bits per heavy atom. The van der Waals surface area contributed by atoms with Gasteiger partial charge in [-0.1, -0.05) is 22.0 Å². The Bertz CT molecular complexity index is 360. The van der Waals surface area contributed by atoms with Crippen LogP contribution in [0.3, 0.4) is 0 Å². The third-order valence-electron chi connectivity index (χ3n) is 2.14. The molecule has 1 aliphatic rings. The van der Waals surface area contributed by atoms with Crippen LogP contribution in [0.5, 0.6) is 0 Å². The normalized spacial score (nSPS) is 14.8. The maximum absolute atomic E-state index is 5.12. The highest BCUT2D eigenvalue weighted by Crippen LogP contribution is 2.28. The van der Waals surface area contributed by atoms with E-state index in [1.54, 1.807) is 7.11 Å². The zero-order valence-corrected chi connectivity index (χ0v) is 8.97. The molecule has 2 nitrogen and oxygen atoms in total. The molecule has 2 rings (SSSR count). The first-order valence-electron chi connectivity index (χ1n) is 4.19. The Balaban J connectivity index is 2.44. The molecule has 0 atom stereocenters. The van der Waals surface area contributed by atoms with Gasteiger partial charge >= 0.3 is 0 Å². The minimum atomic E-state index is 0.825. The molecule has 1 aromatic carbocycles. The molecule has 1 aromatic rings. The van der Waals surface area contributed by atoms with E-state index in [2.05, 4.69) is 27.0 Å². The summed E-state index contributed by atoms with van der Waals surface area (Å²) in [5, 5.41) is 0. The van der Waals surface area contributed by atoms with E-state index in [4.69, 9.17) is 4.74 Å². The summed E-state index contributed by atoms with van der Waals surface area (Å²) in [6.07, 6.45) is 1.93. The fourth-order valence-electron chi connectivity index (χ4n) is 1.43. The summed E-state index contributed by atoms with van der Waals surface area (Å²) in [5.74, 6) is 0.825. The lowest BCUT2D eigenvalue weighted by atomic mass is 10.1. The van der Waals surface area contributed by atoms with Gasteiger partial charge in [0.15, 0.2) is 5.90 Å². The smallest absolute Gasteiger partial charge is 0.188 e. The zero-order chi connectivity index (χ0) is 9.26. The molecule has 13 heavy (non-hydrogen) atoms. The van der Waals surface area contributed by atoms with E-state index in [0.717, 1.165) is 28.9 Å². The van der Waals surface area contributed by atoms with Crippen LogP contribution in [0.4, 0.5) is 5.69 Å². The second-order valence-electron chi connectivity index (χ2n) is 2.98. The van der Waals surface area contributed by atoms with Crippen LogP contribution in [0.25, 0.3) is 0 Å². The Hall–Kier alpha value is -0.830. The van der Waals surface area contributed by atoms with Gasteiger partial charge in [0.2, 0.25) is 0 Å². The van der Waals surface area contributed by atoms with Gasteiger partial charge in [-0.25, -0.2) is 4.99 Å². The summed E-state index contributed by atoms with van der Waals surface area (Å²) in [6.45, 7) is 0. The van der Waals surface area contributed by atoms with E-state index in [9.17, 15) is 0 Å². The Morgan fingerprint density at radius 2 is 2.23 bits per heavy atom. The molecule has 0 amide bonds. The van der Waals surface area contributed by atoms with Gasteiger partial charge in [0.1, 0.15) is 0 Å². The van der Waals surface area contributed by atoms with Crippen molar-refractivity contribution in [2.45, 2.75) is 12.8 Å². The third kappa shape index (κ3) is 1.75. The molecule has 0 saturated heterocycles. The van der Waals surface area contributed by atoms with Gasteiger partial charge in [-0.15, -0.1) is 0 Å². The number of hydrogen-bond donors (Lipinski definition) is 0. The molecule has 0 radical (unpaired) electrons. The molecule has 0 saturated carbocycles. The lowest BCUT2D eigenvalue weighted by Gasteiger charge is -2.14. The zero-order valence-electron chi connectivity index (χ0n) is 7.38. The van der Waals surface area contributed by atoms with Crippen molar-refractivity contribution in [3.05, 3.63) is 28.2 Å². The van der Waals surface area contributed by atoms with Crippen molar-refractivity contribution in [3.8, 4) is 0 Å². The van der Waals surface area contributed by atoms with Crippen LogP contribution in [0.15, 0.2) is 27.7 Å². The van der Waals surface area contributed by atoms with Crippen LogP contribution in [-0.2, 0) is 11.2 Å². The van der Waals surface area contributed by atoms with E-state index >= 15 is 0 Å². The second kappa shape index (κ2) is 3.50. The van der Waals surface area contributed by atoms with Gasteiger partial charge in [0.05, 0.1) is 12.8 Å². The first-order chi connectivity index (χ1) is 6.29. The first-order valence-corrected chi connectivity index (χ1v) is 4.99. The van der Waals surface area contributed by atoms with Crippen molar-refractivity contribution >= 4 is 27.5 Å². The maximum Gasteiger partial charge on any atom is 0.188 e. The van der Waals surface area contributed by atoms with E-state index in [0.29, 0.717) is 0 Å². The summed E-state index contributed by atoms with van der Waals surface area (Å²) < 4.78 is 6.18. The van der Waals surface area contributed by atoms with Crippen LogP contribution in [0.1, 0.15) is 12.0 Å². The fraction of sp³-hybridized carbons (Fsp3) is 0.300. The molecule has 0 N–H and O–H groups in total. The molecular weight excluding hydrogens is 230 g/mol. The molecule has 0 fully saturated rings. The Labute approximate surface area is 85.8 Å². The summed E-state index contributed by atoms with van der Waals surface area (Å²) in [4.78, 5) is 4.39. The van der Waals surface area contributed by atoms with Gasteiger partial charge in [-0.3, -0.25) is 0 Å². The van der Waals surface area contributed by atoms with Gasteiger partial charge in [-0.05, 0) is 24.1 Å². The molecule has 0 aliphatic carbocycles. The predicted molar refractivity (Wildman–Crippen MR) is 56.6 cm³/mol. The van der Waals surface area contributed by atoms with Crippen LogP contribution in [0.2, 0.25) is 0 Å². The number of rotatable bonds is 0. The average molecular weight is 240 g/mol. The molecule has 0 unspecified atom stereocenters. The quantitative estimate of drug-likeness (QED) is 0.682. The second-order valence-corrected chi connectivity index (χ2v) is 3.90. The number of fused-ring (bicyclic) bond motifs is 1. The number of ether oxygens (including phenoxy) is 1. The first kappa shape index (κ1) is 8.75. The SMILES string of the molecule is COC1=Nc2cc(Br)ccc2CC1. The van der Waals surface area contributed by atoms with Crippen LogP contribution in [0, 0.1) is 0 Å². The van der Waals surface area contributed by atoms with E-state index < -0.39 is 0 Å². The summed E-state index contributed by atoms with van der Waals surface area (Å²) >= 11 is 3.42.